The van der Waals surface area contributed by atoms with E-state index in [1.807, 2.05) is 0 Å². The van der Waals surface area contributed by atoms with Crippen molar-refractivity contribution in [3.05, 3.63) is 82.0 Å². The Balaban J connectivity index is 1.72. The predicted octanol–water partition coefficient (Wildman–Crippen LogP) is 6.70. The number of hydrogen-bond acceptors (Lipinski definition) is 3. The Kier molecular flexibility index (Phi) is 6.95. The number of aromatic nitrogens is 1. The van der Waals surface area contributed by atoms with Crippen molar-refractivity contribution in [1.82, 2.24) is 9.88 Å². The van der Waals surface area contributed by atoms with E-state index in [-0.39, 0.29) is 0 Å². The van der Waals surface area contributed by atoms with Crippen LogP contribution in [0.5, 0.6) is 5.75 Å². The van der Waals surface area contributed by atoms with Crippen molar-refractivity contribution in [2.24, 2.45) is 0 Å². The first-order valence-electron chi connectivity index (χ1n) is 12.1. The van der Waals surface area contributed by atoms with Crippen LogP contribution in [-0.4, -0.2) is 23.5 Å². The minimum Gasteiger partial charge on any atom is -0.496 e. The van der Waals surface area contributed by atoms with E-state index in [0.717, 1.165) is 55.9 Å². The molecule has 3 nitrogen and oxygen atoms in total. The lowest BCUT2D eigenvalue weighted by atomic mass is 9.90. The minimum absolute atomic E-state index is 0.441. The molecule has 0 radical (unpaired) electrons. The second-order valence-electron chi connectivity index (χ2n) is 8.78. The number of fused-ring (bicyclic) bond motifs is 1. The van der Waals surface area contributed by atoms with E-state index in [9.17, 15) is 0 Å². The van der Waals surface area contributed by atoms with Crippen LogP contribution in [0.1, 0.15) is 66.7 Å². The monoisotopic (exact) mass is 428 g/mol. The summed E-state index contributed by atoms with van der Waals surface area (Å²) in [5, 5.41) is 0. The summed E-state index contributed by atoms with van der Waals surface area (Å²) < 4.78 is 5.95. The number of ether oxygens (including phenoxy) is 1. The summed E-state index contributed by atoms with van der Waals surface area (Å²) in [6.07, 6.45) is 4.20. The molecule has 1 aliphatic rings. The van der Waals surface area contributed by atoms with Gasteiger partial charge >= 0.3 is 0 Å². The minimum atomic E-state index is 0.441. The van der Waals surface area contributed by atoms with Crippen LogP contribution < -0.4 is 4.74 Å². The molecule has 0 N–H and O–H groups in total. The maximum atomic E-state index is 5.95. The van der Waals surface area contributed by atoms with Gasteiger partial charge in [-0.05, 0) is 54.9 Å². The molecule has 0 bridgehead atoms. The third-order valence-corrected chi connectivity index (χ3v) is 7.04. The Labute approximate surface area is 193 Å². The van der Waals surface area contributed by atoms with E-state index < -0.39 is 0 Å². The van der Waals surface area contributed by atoms with Gasteiger partial charge in [-0.15, -0.1) is 0 Å². The topological polar surface area (TPSA) is 25.4 Å². The molecule has 0 saturated carbocycles. The van der Waals surface area contributed by atoms with Gasteiger partial charge in [-0.1, -0.05) is 63.2 Å². The molecular formula is C29H36N2O. The Morgan fingerprint density at radius 1 is 1.00 bits per heavy atom. The van der Waals surface area contributed by atoms with Gasteiger partial charge in [0.2, 0.25) is 0 Å². The largest absolute Gasteiger partial charge is 0.496 e. The molecule has 2 heterocycles. The molecule has 0 saturated heterocycles. The summed E-state index contributed by atoms with van der Waals surface area (Å²) in [4.78, 5) is 7.73. The summed E-state index contributed by atoms with van der Waals surface area (Å²) in [5.74, 6) is 0.953. The van der Waals surface area contributed by atoms with E-state index in [1.54, 1.807) is 7.11 Å². The van der Waals surface area contributed by atoms with Crippen LogP contribution in [0.15, 0.2) is 48.5 Å². The molecule has 1 aliphatic heterocycles. The van der Waals surface area contributed by atoms with Crippen molar-refractivity contribution in [3.8, 4) is 17.0 Å². The van der Waals surface area contributed by atoms with Gasteiger partial charge in [0, 0.05) is 42.0 Å². The molecule has 1 aromatic heterocycles. The van der Waals surface area contributed by atoms with Crippen LogP contribution in [0.2, 0.25) is 0 Å². The van der Waals surface area contributed by atoms with Crippen molar-refractivity contribution < 1.29 is 4.74 Å². The fraction of sp³-hybridized carbons (Fsp3) is 0.414. The first-order valence-corrected chi connectivity index (χ1v) is 12.1. The summed E-state index contributed by atoms with van der Waals surface area (Å²) in [5.41, 5.74) is 10.3. The zero-order valence-corrected chi connectivity index (χ0v) is 20.2. The van der Waals surface area contributed by atoms with Crippen molar-refractivity contribution in [2.75, 3.05) is 13.7 Å². The highest BCUT2D eigenvalue weighted by Crippen LogP contribution is 2.37. The van der Waals surface area contributed by atoms with E-state index >= 15 is 0 Å². The molecule has 3 heteroatoms. The predicted molar refractivity (Wildman–Crippen MR) is 133 cm³/mol. The second-order valence-corrected chi connectivity index (χ2v) is 8.78. The van der Waals surface area contributed by atoms with Crippen molar-refractivity contribution in [3.63, 3.8) is 0 Å². The number of hydrogen-bond donors (Lipinski definition) is 0. The maximum absolute atomic E-state index is 5.95. The van der Waals surface area contributed by atoms with Gasteiger partial charge < -0.3 is 4.74 Å². The van der Waals surface area contributed by atoms with Crippen LogP contribution in [-0.2, 0) is 25.8 Å². The lowest BCUT2D eigenvalue weighted by molar-refractivity contribution is 0.169. The number of nitrogens with zero attached hydrogens (tertiary/aromatic N) is 2. The fourth-order valence-corrected chi connectivity index (χ4v) is 5.32. The Bertz CT molecular complexity index is 1070. The average Bonchev–Trinajstić information content (AvgIpc) is 2.84. The van der Waals surface area contributed by atoms with Crippen LogP contribution >= 0.6 is 0 Å². The first kappa shape index (κ1) is 22.5. The average molecular weight is 429 g/mol. The third kappa shape index (κ3) is 4.19. The highest BCUT2D eigenvalue weighted by Gasteiger charge is 2.27. The molecule has 0 aliphatic carbocycles. The van der Waals surface area contributed by atoms with E-state index in [1.165, 1.54) is 33.4 Å². The molecule has 1 atom stereocenters. The summed E-state index contributed by atoms with van der Waals surface area (Å²) in [6, 6.07) is 18.1. The Morgan fingerprint density at radius 2 is 1.72 bits per heavy atom. The molecular weight excluding hydrogens is 392 g/mol. The van der Waals surface area contributed by atoms with Gasteiger partial charge in [-0.3, -0.25) is 9.88 Å². The van der Waals surface area contributed by atoms with Crippen molar-refractivity contribution >= 4 is 0 Å². The second kappa shape index (κ2) is 9.87. The maximum Gasteiger partial charge on any atom is 0.127 e. The molecule has 168 valence electrons. The zero-order valence-electron chi connectivity index (χ0n) is 20.2. The molecule has 0 spiro atoms. The highest BCUT2D eigenvalue weighted by molar-refractivity contribution is 5.70. The molecule has 0 amide bonds. The Hall–Kier alpha value is -2.65. The lowest BCUT2D eigenvalue weighted by Crippen LogP contribution is -2.35. The molecule has 1 unspecified atom stereocenters. The van der Waals surface area contributed by atoms with Gasteiger partial charge in [0.1, 0.15) is 5.75 Å². The van der Waals surface area contributed by atoms with Gasteiger partial charge in [-0.2, -0.15) is 0 Å². The zero-order chi connectivity index (χ0) is 22.7. The van der Waals surface area contributed by atoms with Crippen molar-refractivity contribution in [2.45, 2.75) is 66.0 Å². The van der Waals surface area contributed by atoms with Gasteiger partial charge in [-0.25, -0.2) is 0 Å². The normalized spacial score (nSPS) is 16.1. The van der Waals surface area contributed by atoms with Gasteiger partial charge in [0.25, 0.3) is 0 Å². The van der Waals surface area contributed by atoms with E-state index in [2.05, 4.69) is 81.1 Å². The molecule has 4 rings (SSSR count). The quantitative estimate of drug-likeness (QED) is 0.419. The lowest BCUT2D eigenvalue weighted by Gasteiger charge is -2.37. The van der Waals surface area contributed by atoms with Gasteiger partial charge in [0.15, 0.2) is 0 Å². The first-order chi connectivity index (χ1) is 15.6. The summed E-state index contributed by atoms with van der Waals surface area (Å²) in [7, 11) is 1.79. The van der Waals surface area contributed by atoms with Crippen LogP contribution in [0, 0.1) is 6.92 Å². The van der Waals surface area contributed by atoms with Crippen LogP contribution in [0.4, 0.5) is 0 Å². The van der Waals surface area contributed by atoms with Crippen molar-refractivity contribution in [1.29, 1.82) is 0 Å². The molecule has 0 fully saturated rings. The van der Waals surface area contributed by atoms with Crippen LogP contribution in [0.25, 0.3) is 11.3 Å². The standard InChI is InChI=1S/C29H36N2O/c1-6-21-13-11-14-22(7-2)29(21)26-18-28(32-5)25(20(4)30-26)19-31-17-16-23-12-9-10-15-24(23)27(31)8-3/h9-15,18,27H,6-8,16-17,19H2,1-5H3. The van der Waals surface area contributed by atoms with E-state index in [0.29, 0.717) is 6.04 Å². The fourth-order valence-electron chi connectivity index (χ4n) is 5.32. The SMILES string of the molecule is CCc1cccc(CC)c1-c1cc(OC)c(CN2CCc3ccccc3C2CC)c(C)n1. The number of pyridine rings is 1. The number of rotatable bonds is 7. The summed E-state index contributed by atoms with van der Waals surface area (Å²) >= 11 is 0. The number of methoxy groups -OCH3 is 1. The van der Waals surface area contributed by atoms with Gasteiger partial charge in [0.05, 0.1) is 12.8 Å². The number of benzene rings is 2. The molecule has 2 aromatic carbocycles. The van der Waals surface area contributed by atoms with Crippen LogP contribution in [0.3, 0.4) is 0 Å². The smallest absolute Gasteiger partial charge is 0.127 e. The Morgan fingerprint density at radius 3 is 2.38 bits per heavy atom. The highest BCUT2D eigenvalue weighted by atomic mass is 16.5. The summed E-state index contributed by atoms with van der Waals surface area (Å²) in [6.45, 7) is 10.8. The molecule has 32 heavy (non-hydrogen) atoms. The van der Waals surface area contributed by atoms with E-state index in [4.69, 9.17) is 9.72 Å². The number of aryl methyl sites for hydroxylation is 3. The third-order valence-electron chi connectivity index (χ3n) is 7.04. The molecule has 3 aromatic rings.